The molecule has 0 bridgehead atoms. The van der Waals surface area contributed by atoms with E-state index in [-0.39, 0.29) is 16.8 Å². The van der Waals surface area contributed by atoms with Gasteiger partial charge in [0, 0.05) is 18.5 Å². The number of nitrogens with one attached hydrogen (secondary N) is 2. The van der Waals surface area contributed by atoms with E-state index in [1.807, 2.05) is 12.1 Å². The number of hydrogen-bond donors (Lipinski definition) is 2. The Kier molecular flexibility index (Phi) is 5.17. The molecule has 1 aliphatic carbocycles. The van der Waals surface area contributed by atoms with Gasteiger partial charge in [-0.15, -0.1) is 0 Å². The number of rotatable bonds is 5. The van der Waals surface area contributed by atoms with Crippen molar-refractivity contribution in [2.24, 2.45) is 4.99 Å². The highest BCUT2D eigenvalue weighted by atomic mass is 32.2. The summed E-state index contributed by atoms with van der Waals surface area (Å²) in [6.45, 7) is 0.390. The highest BCUT2D eigenvalue weighted by Crippen LogP contribution is 2.29. The summed E-state index contributed by atoms with van der Waals surface area (Å²) in [4.78, 5) is 17.0. The molecule has 1 aliphatic heterocycles. The van der Waals surface area contributed by atoms with E-state index >= 15 is 0 Å². The Bertz CT molecular complexity index is 1030. The minimum Gasteiger partial charge on any atom is -0.349 e. The molecular weight excluding hydrogens is 374 g/mol. The van der Waals surface area contributed by atoms with Crippen molar-refractivity contribution in [2.75, 3.05) is 6.54 Å². The van der Waals surface area contributed by atoms with Crippen molar-refractivity contribution in [2.45, 2.75) is 43.0 Å². The van der Waals surface area contributed by atoms with Gasteiger partial charge in [0.2, 0.25) is 5.91 Å². The van der Waals surface area contributed by atoms with Crippen LogP contribution >= 0.6 is 0 Å². The van der Waals surface area contributed by atoms with Crippen LogP contribution in [0.4, 0.5) is 0 Å². The van der Waals surface area contributed by atoms with Gasteiger partial charge in [0.15, 0.2) is 0 Å². The Morgan fingerprint density at radius 3 is 2.82 bits per heavy atom. The molecule has 2 N–H and O–H groups in total. The first kappa shape index (κ1) is 18.7. The summed E-state index contributed by atoms with van der Waals surface area (Å²) in [6, 6.07) is 15.1. The number of fused-ring (bicyclic) bond motifs is 2. The Balaban J connectivity index is 1.32. The van der Waals surface area contributed by atoms with Crippen molar-refractivity contribution in [3.63, 3.8) is 0 Å². The number of aryl methyl sites for hydroxylation is 1. The molecule has 146 valence electrons. The van der Waals surface area contributed by atoms with Gasteiger partial charge < -0.3 is 5.32 Å². The van der Waals surface area contributed by atoms with Crippen LogP contribution in [0, 0.1) is 0 Å². The molecule has 0 radical (unpaired) electrons. The maximum atomic E-state index is 12.3. The fraction of sp³-hybridized carbons (Fsp3) is 0.333. The average Bonchev–Trinajstić information content (AvgIpc) is 2.96. The first-order chi connectivity index (χ1) is 13.5. The fourth-order valence-corrected chi connectivity index (χ4v) is 5.10. The molecule has 1 heterocycles. The van der Waals surface area contributed by atoms with E-state index in [1.165, 1.54) is 11.1 Å². The van der Waals surface area contributed by atoms with Crippen molar-refractivity contribution < 1.29 is 13.2 Å². The van der Waals surface area contributed by atoms with Crippen molar-refractivity contribution in [3.8, 4) is 0 Å². The van der Waals surface area contributed by atoms with Crippen LogP contribution in [-0.4, -0.2) is 26.7 Å². The van der Waals surface area contributed by atoms with Gasteiger partial charge in [-0.3, -0.25) is 14.5 Å². The minimum atomic E-state index is -3.52. The number of benzene rings is 2. The third-order valence-electron chi connectivity index (χ3n) is 5.20. The maximum Gasteiger partial charge on any atom is 0.263 e. The topological polar surface area (TPSA) is 87.6 Å². The Morgan fingerprint density at radius 2 is 1.93 bits per heavy atom. The van der Waals surface area contributed by atoms with E-state index < -0.39 is 10.0 Å². The van der Waals surface area contributed by atoms with Crippen LogP contribution in [0.25, 0.3) is 0 Å². The molecule has 6 nitrogen and oxygen atoms in total. The normalized spacial score (nSPS) is 20.9. The number of sulfonamides is 1. The van der Waals surface area contributed by atoms with Crippen molar-refractivity contribution in [1.29, 1.82) is 0 Å². The number of aliphatic imine (C=N–C) groups is 1. The Hall–Kier alpha value is -2.67. The second-order valence-electron chi connectivity index (χ2n) is 7.15. The van der Waals surface area contributed by atoms with E-state index in [1.54, 1.807) is 24.3 Å². The van der Waals surface area contributed by atoms with Crippen LogP contribution in [0.3, 0.4) is 0 Å². The van der Waals surface area contributed by atoms with Gasteiger partial charge in [0.25, 0.3) is 10.0 Å². The fourth-order valence-electron chi connectivity index (χ4n) is 3.85. The summed E-state index contributed by atoms with van der Waals surface area (Å²) in [7, 11) is -3.52. The number of amidine groups is 1. The lowest BCUT2D eigenvalue weighted by Gasteiger charge is -2.26. The zero-order valence-corrected chi connectivity index (χ0v) is 16.3. The van der Waals surface area contributed by atoms with Gasteiger partial charge >= 0.3 is 0 Å². The highest BCUT2D eigenvalue weighted by molar-refractivity contribution is 7.90. The number of nitrogens with zero attached hydrogens (tertiary/aromatic N) is 1. The SMILES string of the molecule is O=C(CCCN=C1NS(=O)(=O)c2ccccc21)N[C@@H]1CCCc2ccccc21. The van der Waals surface area contributed by atoms with Gasteiger partial charge in [-0.2, -0.15) is 0 Å². The molecule has 0 saturated heterocycles. The van der Waals surface area contributed by atoms with Gasteiger partial charge in [-0.25, -0.2) is 8.42 Å². The predicted octanol–water partition coefficient (Wildman–Crippen LogP) is 2.70. The van der Waals surface area contributed by atoms with Gasteiger partial charge in [-0.1, -0.05) is 36.4 Å². The summed E-state index contributed by atoms with van der Waals surface area (Å²) in [6.07, 6.45) is 4.04. The highest BCUT2D eigenvalue weighted by Gasteiger charge is 2.29. The lowest BCUT2D eigenvalue weighted by Crippen LogP contribution is -2.30. The maximum absolute atomic E-state index is 12.3. The second-order valence-corrected chi connectivity index (χ2v) is 8.80. The molecular formula is C21H23N3O3S. The van der Waals surface area contributed by atoms with Crippen LogP contribution in [0.15, 0.2) is 58.4 Å². The van der Waals surface area contributed by atoms with Gasteiger partial charge in [0.05, 0.1) is 10.9 Å². The zero-order chi connectivity index (χ0) is 19.6. The van der Waals surface area contributed by atoms with Crippen molar-refractivity contribution >= 4 is 21.8 Å². The van der Waals surface area contributed by atoms with Crippen LogP contribution in [0.5, 0.6) is 0 Å². The molecule has 0 aromatic heterocycles. The van der Waals surface area contributed by atoms with E-state index in [0.29, 0.717) is 30.8 Å². The van der Waals surface area contributed by atoms with E-state index in [9.17, 15) is 13.2 Å². The zero-order valence-electron chi connectivity index (χ0n) is 15.5. The van der Waals surface area contributed by atoms with Crippen LogP contribution < -0.4 is 10.0 Å². The predicted molar refractivity (Wildman–Crippen MR) is 108 cm³/mol. The summed E-state index contributed by atoms with van der Waals surface area (Å²) in [5, 5.41) is 3.13. The molecule has 2 aromatic carbocycles. The summed E-state index contributed by atoms with van der Waals surface area (Å²) in [5.41, 5.74) is 3.13. The largest absolute Gasteiger partial charge is 0.349 e. The summed E-state index contributed by atoms with van der Waals surface area (Å²) in [5.74, 6) is 0.367. The number of hydrogen-bond acceptors (Lipinski definition) is 4. The second kappa shape index (κ2) is 7.75. The molecule has 28 heavy (non-hydrogen) atoms. The molecule has 2 aliphatic rings. The quantitative estimate of drug-likeness (QED) is 0.761. The number of carbonyl (C=O) groups excluding carboxylic acids is 1. The van der Waals surface area contributed by atoms with E-state index in [2.05, 4.69) is 27.2 Å². The standard InChI is InChI=1S/C21H23N3O3S/c25-20(23-18-11-5-8-15-7-1-2-9-16(15)18)13-6-14-22-21-17-10-3-4-12-19(17)28(26,27)24-21/h1-4,7,9-10,12,18H,5-6,8,11,13-14H2,(H,22,24)(H,23,25)/t18-/m1/s1. The lowest BCUT2D eigenvalue weighted by molar-refractivity contribution is -0.122. The number of carbonyl (C=O) groups is 1. The molecule has 2 aromatic rings. The first-order valence-electron chi connectivity index (χ1n) is 9.58. The Labute approximate surface area is 165 Å². The molecule has 0 spiro atoms. The summed E-state index contributed by atoms with van der Waals surface area (Å²) < 4.78 is 26.6. The Morgan fingerprint density at radius 1 is 1.14 bits per heavy atom. The smallest absolute Gasteiger partial charge is 0.263 e. The van der Waals surface area contributed by atoms with E-state index in [0.717, 1.165) is 19.3 Å². The van der Waals surface area contributed by atoms with Gasteiger partial charge in [0.1, 0.15) is 5.84 Å². The lowest BCUT2D eigenvalue weighted by atomic mass is 9.87. The monoisotopic (exact) mass is 397 g/mol. The minimum absolute atomic E-state index is 0.00862. The molecule has 0 saturated carbocycles. The molecule has 4 rings (SSSR count). The van der Waals surface area contributed by atoms with Crippen molar-refractivity contribution in [1.82, 2.24) is 10.0 Å². The average molecular weight is 398 g/mol. The van der Waals surface area contributed by atoms with E-state index in [4.69, 9.17) is 0 Å². The number of amides is 1. The van der Waals surface area contributed by atoms with Crippen molar-refractivity contribution in [3.05, 3.63) is 65.2 Å². The molecule has 7 heteroatoms. The van der Waals surface area contributed by atoms with Gasteiger partial charge in [-0.05, 0) is 48.9 Å². The van der Waals surface area contributed by atoms with Crippen LogP contribution in [-0.2, 0) is 21.2 Å². The third-order valence-corrected chi connectivity index (χ3v) is 6.60. The van der Waals surface area contributed by atoms with Crippen LogP contribution in [0.2, 0.25) is 0 Å². The first-order valence-corrected chi connectivity index (χ1v) is 11.1. The third kappa shape index (κ3) is 3.80. The van der Waals surface area contributed by atoms with Crippen LogP contribution in [0.1, 0.15) is 48.4 Å². The molecule has 1 atom stereocenters. The summed E-state index contributed by atoms with van der Waals surface area (Å²) >= 11 is 0. The molecule has 1 amide bonds. The molecule has 0 fully saturated rings. The molecule has 0 unspecified atom stereocenters.